The van der Waals surface area contributed by atoms with Crippen LogP contribution in [0.4, 0.5) is 0 Å². The maximum Gasteiger partial charge on any atom is 0.254 e. The number of carbonyl (C=O) groups is 2. The molecule has 5 nitrogen and oxygen atoms in total. The second kappa shape index (κ2) is 7.59. The molecule has 1 fully saturated rings. The molecule has 1 aliphatic heterocycles. The van der Waals surface area contributed by atoms with Gasteiger partial charge in [-0.2, -0.15) is 0 Å². The fourth-order valence-electron chi connectivity index (χ4n) is 2.91. The summed E-state index contributed by atoms with van der Waals surface area (Å²) in [7, 11) is 0. The van der Waals surface area contributed by atoms with Crippen LogP contribution in [0.2, 0.25) is 0 Å². The fraction of sp³-hybridized carbons (Fsp3) is 0.556. The quantitative estimate of drug-likeness (QED) is 0.842. The molecule has 0 spiro atoms. The molecule has 23 heavy (non-hydrogen) atoms. The van der Waals surface area contributed by atoms with Crippen molar-refractivity contribution < 1.29 is 9.59 Å². The molecular weight excluding hydrogens is 290 g/mol. The molecule has 0 aliphatic carbocycles. The number of nitrogens with two attached hydrogens (primary N) is 1. The molecule has 0 bridgehead atoms. The largest absolute Gasteiger partial charge is 0.352 e. The third-order valence-corrected chi connectivity index (χ3v) is 4.86. The van der Waals surface area contributed by atoms with Gasteiger partial charge in [-0.1, -0.05) is 32.0 Å². The normalized spacial score (nSPS) is 18.0. The van der Waals surface area contributed by atoms with E-state index >= 15 is 0 Å². The second-order valence-corrected chi connectivity index (χ2v) is 6.31. The lowest BCUT2D eigenvalue weighted by Crippen LogP contribution is -2.53. The van der Waals surface area contributed by atoms with Crippen LogP contribution in [0.1, 0.15) is 49.9 Å². The Morgan fingerprint density at radius 2 is 1.91 bits per heavy atom. The first-order valence-electron chi connectivity index (χ1n) is 8.43. The van der Waals surface area contributed by atoms with Crippen LogP contribution >= 0.6 is 0 Å². The topological polar surface area (TPSA) is 75.4 Å². The lowest BCUT2D eigenvalue weighted by atomic mass is 9.94. The lowest BCUT2D eigenvalue weighted by molar-refractivity contribution is -0.125. The van der Waals surface area contributed by atoms with Gasteiger partial charge in [0.05, 0.1) is 0 Å². The Morgan fingerprint density at radius 3 is 2.52 bits per heavy atom. The van der Waals surface area contributed by atoms with Gasteiger partial charge in [0.1, 0.15) is 6.04 Å². The number of nitrogens with one attached hydrogen (secondary N) is 1. The monoisotopic (exact) mass is 317 g/mol. The number of nitrogens with zero attached hydrogens (tertiary/aromatic N) is 1. The number of hydrogen-bond donors (Lipinski definition) is 2. The zero-order chi connectivity index (χ0) is 16.9. The van der Waals surface area contributed by atoms with Crippen molar-refractivity contribution >= 4 is 11.8 Å². The molecule has 1 aliphatic rings. The Bertz CT molecular complexity index is 540. The predicted octanol–water partition coefficient (Wildman–Crippen LogP) is 1.92. The summed E-state index contributed by atoms with van der Waals surface area (Å²) in [4.78, 5) is 26.8. The molecule has 3 N–H and O–H groups in total. The molecule has 2 amide bonds. The maximum atomic E-state index is 12.6. The van der Waals surface area contributed by atoms with E-state index in [2.05, 4.69) is 5.32 Å². The van der Waals surface area contributed by atoms with Crippen LogP contribution in [-0.2, 0) is 4.79 Å². The van der Waals surface area contributed by atoms with E-state index in [0.717, 1.165) is 19.3 Å². The highest BCUT2D eigenvalue weighted by molar-refractivity contribution is 5.97. The van der Waals surface area contributed by atoms with Gasteiger partial charge in [0.2, 0.25) is 5.91 Å². The van der Waals surface area contributed by atoms with E-state index in [1.54, 1.807) is 17.0 Å². The molecule has 126 valence electrons. The van der Waals surface area contributed by atoms with Crippen molar-refractivity contribution in [1.82, 2.24) is 10.2 Å². The highest BCUT2D eigenvalue weighted by atomic mass is 16.2. The van der Waals surface area contributed by atoms with Crippen LogP contribution < -0.4 is 11.1 Å². The number of hydrogen-bond acceptors (Lipinski definition) is 3. The smallest absolute Gasteiger partial charge is 0.254 e. The van der Waals surface area contributed by atoms with E-state index in [1.807, 2.05) is 32.0 Å². The van der Waals surface area contributed by atoms with Crippen LogP contribution in [-0.4, -0.2) is 41.4 Å². The maximum absolute atomic E-state index is 12.6. The molecule has 1 atom stereocenters. The number of rotatable bonds is 6. The highest BCUT2D eigenvalue weighted by Crippen LogP contribution is 2.20. The SMILES string of the molecule is CCC(N)(CC)CNC(=O)C1CCCN1C(=O)c1ccccc1. The average Bonchev–Trinajstić information content (AvgIpc) is 3.09. The van der Waals surface area contributed by atoms with Gasteiger partial charge in [-0.25, -0.2) is 0 Å². The summed E-state index contributed by atoms with van der Waals surface area (Å²) < 4.78 is 0. The number of carbonyl (C=O) groups excluding carboxylic acids is 2. The van der Waals surface area contributed by atoms with Crippen molar-refractivity contribution in [2.45, 2.75) is 51.1 Å². The predicted molar refractivity (Wildman–Crippen MR) is 91.0 cm³/mol. The first kappa shape index (κ1) is 17.5. The first-order valence-corrected chi connectivity index (χ1v) is 8.43. The van der Waals surface area contributed by atoms with E-state index < -0.39 is 0 Å². The summed E-state index contributed by atoms with van der Waals surface area (Å²) >= 11 is 0. The Kier molecular flexibility index (Phi) is 5.77. The third kappa shape index (κ3) is 4.10. The van der Waals surface area contributed by atoms with Gasteiger partial charge in [0.25, 0.3) is 5.91 Å². The highest BCUT2D eigenvalue weighted by Gasteiger charge is 2.35. The van der Waals surface area contributed by atoms with Crippen LogP contribution in [0.5, 0.6) is 0 Å². The van der Waals surface area contributed by atoms with Gasteiger partial charge in [0, 0.05) is 24.2 Å². The van der Waals surface area contributed by atoms with Crippen LogP contribution in [0.25, 0.3) is 0 Å². The van der Waals surface area contributed by atoms with Gasteiger partial charge >= 0.3 is 0 Å². The lowest BCUT2D eigenvalue weighted by Gasteiger charge is -2.29. The minimum Gasteiger partial charge on any atom is -0.352 e. The van der Waals surface area contributed by atoms with Crippen molar-refractivity contribution in [3.63, 3.8) is 0 Å². The molecule has 1 aromatic rings. The second-order valence-electron chi connectivity index (χ2n) is 6.31. The first-order chi connectivity index (χ1) is 11.0. The average molecular weight is 317 g/mol. The third-order valence-electron chi connectivity index (χ3n) is 4.86. The van der Waals surface area contributed by atoms with Crippen LogP contribution in [0.3, 0.4) is 0 Å². The van der Waals surface area contributed by atoms with Crippen molar-refractivity contribution in [3.05, 3.63) is 35.9 Å². The molecule has 0 aromatic heterocycles. The van der Waals surface area contributed by atoms with E-state index in [4.69, 9.17) is 5.73 Å². The molecule has 1 saturated heterocycles. The van der Waals surface area contributed by atoms with Gasteiger partial charge in [-0.05, 0) is 37.8 Å². The van der Waals surface area contributed by atoms with Crippen LogP contribution in [0.15, 0.2) is 30.3 Å². The molecule has 0 radical (unpaired) electrons. The molecule has 2 rings (SSSR count). The molecule has 0 saturated carbocycles. The summed E-state index contributed by atoms with van der Waals surface area (Å²) in [5.74, 6) is -0.170. The summed E-state index contributed by atoms with van der Waals surface area (Å²) in [6.07, 6.45) is 3.18. The Hall–Kier alpha value is -1.88. The summed E-state index contributed by atoms with van der Waals surface area (Å²) in [5.41, 5.74) is 6.49. The van der Waals surface area contributed by atoms with Gasteiger partial charge in [0.15, 0.2) is 0 Å². The van der Waals surface area contributed by atoms with Crippen molar-refractivity contribution in [2.24, 2.45) is 5.73 Å². The van der Waals surface area contributed by atoms with Crippen molar-refractivity contribution in [3.8, 4) is 0 Å². The summed E-state index contributed by atoms with van der Waals surface area (Å²) in [5, 5.41) is 2.95. The van der Waals surface area contributed by atoms with E-state index in [9.17, 15) is 9.59 Å². The van der Waals surface area contributed by atoms with E-state index in [1.165, 1.54) is 0 Å². The Balaban J connectivity index is 2.01. The minimum atomic E-state index is -0.388. The summed E-state index contributed by atoms with van der Waals surface area (Å²) in [6.45, 7) is 5.12. The number of benzene rings is 1. The van der Waals surface area contributed by atoms with Gasteiger partial charge in [-0.3, -0.25) is 9.59 Å². The Labute approximate surface area is 138 Å². The van der Waals surface area contributed by atoms with Crippen LogP contribution in [0, 0.1) is 0 Å². The van der Waals surface area contributed by atoms with E-state index in [-0.39, 0.29) is 23.4 Å². The van der Waals surface area contributed by atoms with Gasteiger partial charge < -0.3 is 16.0 Å². The molecule has 5 heteroatoms. The summed E-state index contributed by atoms with van der Waals surface area (Å²) in [6, 6.07) is 8.73. The molecule has 1 aromatic carbocycles. The standard InChI is InChI=1S/C18H27N3O2/c1-3-18(19,4-2)13-20-16(22)15-11-8-12-21(15)17(23)14-9-6-5-7-10-14/h5-7,9-10,15H,3-4,8,11-13,19H2,1-2H3,(H,20,22). The molecule has 1 unspecified atom stereocenters. The zero-order valence-corrected chi connectivity index (χ0v) is 14.0. The van der Waals surface area contributed by atoms with Crippen molar-refractivity contribution in [2.75, 3.05) is 13.1 Å². The van der Waals surface area contributed by atoms with Gasteiger partial charge in [-0.15, -0.1) is 0 Å². The molecular formula is C18H27N3O2. The number of likely N-dealkylation sites (tertiary alicyclic amines) is 1. The number of amides is 2. The van der Waals surface area contributed by atoms with E-state index in [0.29, 0.717) is 25.1 Å². The zero-order valence-electron chi connectivity index (χ0n) is 14.0. The minimum absolute atomic E-state index is 0.0757. The van der Waals surface area contributed by atoms with Crippen molar-refractivity contribution in [1.29, 1.82) is 0 Å². The Morgan fingerprint density at radius 1 is 1.26 bits per heavy atom. The fourth-order valence-corrected chi connectivity index (χ4v) is 2.91. The molecule has 1 heterocycles.